The minimum Gasteiger partial charge on any atom is -0.493 e. The molecule has 0 saturated heterocycles. The molecule has 1 aliphatic heterocycles. The van der Waals surface area contributed by atoms with Crippen LogP contribution in [0.1, 0.15) is 64.0 Å². The van der Waals surface area contributed by atoms with Crippen molar-refractivity contribution in [2.24, 2.45) is 5.92 Å². The van der Waals surface area contributed by atoms with Gasteiger partial charge >= 0.3 is 0 Å². The van der Waals surface area contributed by atoms with Gasteiger partial charge in [-0.15, -0.1) is 0 Å². The number of hydrogen-bond acceptors (Lipinski definition) is 4. The molecule has 0 radical (unpaired) electrons. The number of fused-ring (bicyclic) bond motifs is 3. The Labute approximate surface area is 149 Å². The monoisotopic (exact) mass is 344 g/mol. The Hall–Kier alpha value is -1.84. The van der Waals surface area contributed by atoms with Crippen molar-refractivity contribution in [1.29, 1.82) is 0 Å². The molecule has 1 aliphatic carbocycles. The van der Waals surface area contributed by atoms with E-state index >= 15 is 0 Å². The predicted octanol–water partition coefficient (Wildman–Crippen LogP) is 4.01. The van der Waals surface area contributed by atoms with Crippen molar-refractivity contribution < 1.29 is 19.1 Å². The van der Waals surface area contributed by atoms with E-state index < -0.39 is 0 Å². The smallest absolute Gasteiger partial charge is 0.165 e. The maximum Gasteiger partial charge on any atom is 0.165 e. The van der Waals surface area contributed by atoms with Gasteiger partial charge in [0, 0.05) is 30.2 Å². The van der Waals surface area contributed by atoms with Crippen LogP contribution in [0.3, 0.4) is 0 Å². The molecule has 25 heavy (non-hydrogen) atoms. The average molecular weight is 344 g/mol. The quantitative estimate of drug-likeness (QED) is 0.782. The van der Waals surface area contributed by atoms with Gasteiger partial charge in [-0.3, -0.25) is 9.59 Å². The molecule has 3 atom stereocenters. The number of methoxy groups -OCH3 is 1. The van der Waals surface area contributed by atoms with Crippen molar-refractivity contribution in [3.8, 4) is 11.5 Å². The van der Waals surface area contributed by atoms with E-state index in [9.17, 15) is 9.59 Å². The zero-order chi connectivity index (χ0) is 18.2. The van der Waals surface area contributed by atoms with Crippen LogP contribution in [-0.2, 0) is 21.4 Å². The first-order valence-electron chi connectivity index (χ1n) is 9.29. The molecule has 2 aliphatic rings. The normalized spacial score (nSPS) is 25.8. The molecule has 3 rings (SSSR count). The summed E-state index contributed by atoms with van der Waals surface area (Å²) in [4.78, 5) is 24.2. The Bertz CT molecular complexity index is 693. The second kappa shape index (κ2) is 6.81. The van der Waals surface area contributed by atoms with Gasteiger partial charge < -0.3 is 9.47 Å². The lowest BCUT2D eigenvalue weighted by molar-refractivity contribution is -0.127. The van der Waals surface area contributed by atoms with Crippen LogP contribution in [0.5, 0.6) is 11.5 Å². The van der Waals surface area contributed by atoms with E-state index in [1.807, 2.05) is 6.07 Å². The fourth-order valence-electron chi connectivity index (χ4n) is 4.46. The number of ether oxygens (including phenoxy) is 2. The fraction of sp³-hybridized carbons (Fsp3) is 0.619. The Kier molecular flexibility index (Phi) is 4.90. The van der Waals surface area contributed by atoms with Crippen LogP contribution < -0.4 is 9.47 Å². The first-order valence-corrected chi connectivity index (χ1v) is 9.29. The molecular formula is C21H28O4. The van der Waals surface area contributed by atoms with Gasteiger partial charge in [-0.05, 0) is 37.3 Å². The third kappa shape index (κ3) is 3.07. The van der Waals surface area contributed by atoms with E-state index in [0.717, 1.165) is 24.2 Å². The number of hydrogen-bond donors (Lipinski definition) is 0. The molecule has 0 aromatic heterocycles. The maximum atomic E-state index is 12.1. The lowest BCUT2D eigenvalue weighted by Gasteiger charge is -2.38. The summed E-state index contributed by atoms with van der Waals surface area (Å²) in [5.41, 5.74) is 1.98. The van der Waals surface area contributed by atoms with E-state index in [-0.39, 0.29) is 23.1 Å². The summed E-state index contributed by atoms with van der Waals surface area (Å²) in [6.07, 6.45) is 3.82. The number of rotatable bonds is 6. The molecule has 1 saturated carbocycles. The first-order chi connectivity index (χ1) is 11.9. The summed E-state index contributed by atoms with van der Waals surface area (Å²) in [6.45, 7) is 6.07. The Morgan fingerprint density at radius 1 is 1.44 bits per heavy atom. The van der Waals surface area contributed by atoms with Crippen LogP contribution in [0.2, 0.25) is 0 Å². The van der Waals surface area contributed by atoms with Crippen molar-refractivity contribution in [3.63, 3.8) is 0 Å². The molecule has 0 N–H and O–H groups in total. The van der Waals surface area contributed by atoms with Crippen LogP contribution in [-0.4, -0.2) is 24.8 Å². The second-order valence-electron chi connectivity index (χ2n) is 7.73. The summed E-state index contributed by atoms with van der Waals surface area (Å²) in [5.74, 6) is 2.38. The van der Waals surface area contributed by atoms with Crippen LogP contribution in [0.25, 0.3) is 0 Å². The SMILES string of the molecule is CCC(C)Cc1ccc(OC)c2c1C1(CC(C)=O)CCC(=O)C[C@@H]1O2. The van der Waals surface area contributed by atoms with Gasteiger partial charge in [0.1, 0.15) is 17.7 Å². The Morgan fingerprint density at radius 2 is 2.20 bits per heavy atom. The zero-order valence-electron chi connectivity index (χ0n) is 15.7. The highest BCUT2D eigenvalue weighted by Gasteiger charge is 2.54. The van der Waals surface area contributed by atoms with Gasteiger partial charge in [0.2, 0.25) is 0 Å². The van der Waals surface area contributed by atoms with Crippen LogP contribution >= 0.6 is 0 Å². The molecule has 0 bridgehead atoms. The minimum absolute atomic E-state index is 0.146. The molecule has 1 fully saturated rings. The van der Waals surface area contributed by atoms with Crippen LogP contribution in [0, 0.1) is 5.92 Å². The zero-order valence-corrected chi connectivity index (χ0v) is 15.7. The van der Waals surface area contributed by atoms with Gasteiger partial charge in [-0.2, -0.15) is 0 Å². The molecule has 136 valence electrons. The van der Waals surface area contributed by atoms with Crippen molar-refractivity contribution in [2.45, 2.75) is 70.8 Å². The largest absolute Gasteiger partial charge is 0.493 e. The summed E-state index contributed by atoms with van der Waals surface area (Å²) in [7, 11) is 1.64. The molecule has 0 spiro atoms. The van der Waals surface area contributed by atoms with E-state index in [2.05, 4.69) is 19.9 Å². The molecule has 2 unspecified atom stereocenters. The van der Waals surface area contributed by atoms with E-state index in [4.69, 9.17) is 9.47 Å². The highest BCUT2D eigenvalue weighted by molar-refractivity contribution is 5.84. The Balaban J connectivity index is 2.16. The number of Topliss-reactive ketones (excluding diaryl/α,β-unsaturated/α-hetero) is 2. The second-order valence-corrected chi connectivity index (χ2v) is 7.73. The minimum atomic E-state index is -0.383. The average Bonchev–Trinajstić information content (AvgIpc) is 2.89. The lowest BCUT2D eigenvalue weighted by atomic mass is 9.64. The third-order valence-corrected chi connectivity index (χ3v) is 5.89. The van der Waals surface area contributed by atoms with E-state index in [0.29, 0.717) is 37.4 Å². The lowest BCUT2D eigenvalue weighted by Crippen LogP contribution is -2.45. The van der Waals surface area contributed by atoms with Gasteiger partial charge in [0.05, 0.1) is 7.11 Å². The molecule has 1 aromatic carbocycles. The number of benzene rings is 1. The highest BCUT2D eigenvalue weighted by atomic mass is 16.5. The van der Waals surface area contributed by atoms with Crippen molar-refractivity contribution in [2.75, 3.05) is 7.11 Å². The number of carbonyl (C=O) groups is 2. The fourth-order valence-corrected chi connectivity index (χ4v) is 4.46. The van der Waals surface area contributed by atoms with E-state index in [1.54, 1.807) is 14.0 Å². The van der Waals surface area contributed by atoms with Crippen LogP contribution in [0.15, 0.2) is 12.1 Å². The van der Waals surface area contributed by atoms with Gasteiger partial charge in [-0.1, -0.05) is 26.3 Å². The highest BCUT2D eigenvalue weighted by Crippen LogP contribution is 2.56. The summed E-state index contributed by atoms with van der Waals surface area (Å²) >= 11 is 0. The summed E-state index contributed by atoms with van der Waals surface area (Å²) < 4.78 is 11.8. The van der Waals surface area contributed by atoms with Gasteiger partial charge in [0.15, 0.2) is 11.5 Å². The van der Waals surface area contributed by atoms with E-state index in [1.165, 1.54) is 5.56 Å². The molecule has 4 heteroatoms. The topological polar surface area (TPSA) is 52.6 Å². The van der Waals surface area contributed by atoms with Gasteiger partial charge in [0.25, 0.3) is 0 Å². The standard InChI is InChI=1S/C21H28O4/c1-5-13(2)10-15-6-7-17(24-4)20-19(15)21(12-14(3)22)9-8-16(23)11-18(21)25-20/h6-7,13,18H,5,8-12H2,1-4H3/t13?,18-,21?/m0/s1. The maximum absolute atomic E-state index is 12.1. The number of ketones is 2. The first kappa shape index (κ1) is 18.0. The van der Waals surface area contributed by atoms with Crippen molar-refractivity contribution in [1.82, 2.24) is 0 Å². The summed E-state index contributed by atoms with van der Waals surface area (Å²) in [6, 6.07) is 4.07. The molecule has 1 aromatic rings. The third-order valence-electron chi connectivity index (χ3n) is 5.89. The predicted molar refractivity (Wildman–Crippen MR) is 96.4 cm³/mol. The molecular weight excluding hydrogens is 316 g/mol. The van der Waals surface area contributed by atoms with Crippen molar-refractivity contribution >= 4 is 11.6 Å². The Morgan fingerprint density at radius 3 is 2.84 bits per heavy atom. The molecule has 4 nitrogen and oxygen atoms in total. The van der Waals surface area contributed by atoms with Crippen LogP contribution in [0.4, 0.5) is 0 Å². The molecule has 1 heterocycles. The molecule has 0 amide bonds. The van der Waals surface area contributed by atoms with Gasteiger partial charge in [-0.25, -0.2) is 0 Å². The van der Waals surface area contributed by atoms with Crippen molar-refractivity contribution in [3.05, 3.63) is 23.3 Å². The number of carbonyl (C=O) groups excluding carboxylic acids is 2. The summed E-state index contributed by atoms with van der Waals surface area (Å²) in [5, 5.41) is 0.